The Labute approximate surface area is 210 Å². The van der Waals surface area contributed by atoms with Crippen molar-refractivity contribution in [3.05, 3.63) is 92.9 Å². The summed E-state index contributed by atoms with van der Waals surface area (Å²) in [7, 11) is 2.94. The lowest BCUT2D eigenvalue weighted by molar-refractivity contribution is -0.136. The van der Waals surface area contributed by atoms with Gasteiger partial charge in [0.1, 0.15) is 5.75 Å². The summed E-state index contributed by atoms with van der Waals surface area (Å²) in [6.45, 7) is 7.61. The number of rotatable bonds is 5. The molecule has 0 spiro atoms. The quantitative estimate of drug-likeness (QED) is 0.328. The average Bonchev–Trinajstić information content (AvgIpc) is 3.26. The molecule has 0 atom stereocenters. The van der Waals surface area contributed by atoms with Gasteiger partial charge in [-0.05, 0) is 87.4 Å². The Hall–Kier alpha value is -3.77. The van der Waals surface area contributed by atoms with Crippen LogP contribution in [0.1, 0.15) is 29.4 Å². The topological polar surface area (TPSA) is 60.8 Å². The Kier molecular flexibility index (Phi) is 6.59. The van der Waals surface area contributed by atoms with E-state index in [1.54, 1.807) is 26.2 Å². The Bertz CT molecular complexity index is 1400. The van der Waals surface area contributed by atoms with Crippen LogP contribution >= 0.6 is 11.6 Å². The fourth-order valence-corrected chi connectivity index (χ4v) is 4.60. The number of hydrogen-bond acceptors (Lipinski definition) is 4. The maximum atomic E-state index is 13.6. The second kappa shape index (κ2) is 9.47. The van der Waals surface area contributed by atoms with Crippen LogP contribution < -0.4 is 9.64 Å². The highest BCUT2D eigenvalue weighted by molar-refractivity contribution is 6.32. The summed E-state index contributed by atoms with van der Waals surface area (Å²) < 4.78 is 12.4. The van der Waals surface area contributed by atoms with Crippen molar-refractivity contribution in [3.8, 4) is 11.4 Å². The van der Waals surface area contributed by atoms with Crippen LogP contribution in [0.4, 0.5) is 5.69 Å². The van der Waals surface area contributed by atoms with Gasteiger partial charge in [0.2, 0.25) is 0 Å². The van der Waals surface area contributed by atoms with Gasteiger partial charge in [-0.15, -0.1) is 0 Å². The maximum Gasteiger partial charge on any atom is 0.340 e. The molecule has 0 bridgehead atoms. The predicted octanol–water partition coefficient (Wildman–Crippen LogP) is 5.94. The number of allylic oxidation sites excluding steroid dienone is 1. The molecule has 1 aliphatic rings. The van der Waals surface area contributed by atoms with Gasteiger partial charge >= 0.3 is 5.97 Å². The van der Waals surface area contributed by atoms with E-state index >= 15 is 0 Å². The number of hydrogen-bond donors (Lipinski definition) is 0. The lowest BCUT2D eigenvalue weighted by atomic mass is 10.0. The van der Waals surface area contributed by atoms with Gasteiger partial charge in [0.15, 0.2) is 0 Å². The van der Waals surface area contributed by atoms with Crippen LogP contribution in [0.25, 0.3) is 11.8 Å². The molecule has 4 rings (SSSR count). The van der Waals surface area contributed by atoms with Gasteiger partial charge in [0, 0.05) is 27.8 Å². The van der Waals surface area contributed by atoms with E-state index in [2.05, 4.69) is 4.57 Å². The second-order valence-electron chi connectivity index (χ2n) is 8.44. The minimum atomic E-state index is -0.563. The Morgan fingerprint density at radius 2 is 1.60 bits per heavy atom. The molecule has 35 heavy (non-hydrogen) atoms. The third-order valence-electron chi connectivity index (χ3n) is 6.30. The molecule has 6 nitrogen and oxygen atoms in total. The fraction of sp³-hybridized carbons (Fsp3) is 0.214. The summed E-state index contributed by atoms with van der Waals surface area (Å²) in [5.41, 5.74) is 6.24. The number of nitrogens with zero attached hydrogens (tertiary/aromatic N) is 2. The Balaban J connectivity index is 1.83. The van der Waals surface area contributed by atoms with E-state index in [4.69, 9.17) is 21.1 Å². The number of ether oxygens (including phenoxy) is 2. The molecule has 1 aromatic heterocycles. The molecule has 0 aliphatic carbocycles. The number of amides is 1. The van der Waals surface area contributed by atoms with Crippen LogP contribution in [0.3, 0.4) is 0 Å². The number of esters is 1. The summed E-state index contributed by atoms with van der Waals surface area (Å²) in [6.07, 6.45) is 1.76. The van der Waals surface area contributed by atoms with Gasteiger partial charge in [-0.1, -0.05) is 17.7 Å². The molecule has 1 aliphatic heterocycles. The summed E-state index contributed by atoms with van der Waals surface area (Å²) >= 11 is 6.33. The van der Waals surface area contributed by atoms with Crippen molar-refractivity contribution in [3.63, 3.8) is 0 Å². The molecule has 7 heteroatoms. The van der Waals surface area contributed by atoms with Crippen LogP contribution in [0.5, 0.6) is 5.75 Å². The molecule has 3 aromatic rings. The molecule has 0 radical (unpaired) electrons. The van der Waals surface area contributed by atoms with Gasteiger partial charge in [0.25, 0.3) is 5.91 Å². The minimum absolute atomic E-state index is 0.239. The van der Waals surface area contributed by atoms with E-state index in [1.807, 2.05) is 63.2 Å². The van der Waals surface area contributed by atoms with Crippen molar-refractivity contribution in [2.24, 2.45) is 0 Å². The molecule has 0 N–H and O–H groups in total. The lowest BCUT2D eigenvalue weighted by Crippen LogP contribution is -2.24. The van der Waals surface area contributed by atoms with Gasteiger partial charge in [-0.25, -0.2) is 4.79 Å². The first-order valence-corrected chi connectivity index (χ1v) is 11.5. The smallest absolute Gasteiger partial charge is 0.340 e. The highest BCUT2D eigenvalue weighted by Gasteiger charge is 2.38. The molecule has 2 aromatic carbocycles. The molecule has 2 heterocycles. The van der Waals surface area contributed by atoms with Crippen molar-refractivity contribution < 1.29 is 19.1 Å². The van der Waals surface area contributed by atoms with Crippen LogP contribution in [-0.2, 0) is 14.3 Å². The van der Waals surface area contributed by atoms with Crippen molar-refractivity contribution in [2.75, 3.05) is 19.1 Å². The number of anilines is 1. The van der Waals surface area contributed by atoms with E-state index in [9.17, 15) is 9.59 Å². The SMILES string of the molecule is COC(=O)C1=C(C)N(c2ccc(C)c(Cl)c2)C(=O)C1=Cc1cc(C)n(-c2ccc(OC)cc2)c1C. The Morgan fingerprint density at radius 1 is 0.943 bits per heavy atom. The highest BCUT2D eigenvalue weighted by Crippen LogP contribution is 2.37. The normalized spacial score (nSPS) is 14.8. The number of aromatic nitrogens is 1. The zero-order valence-electron chi connectivity index (χ0n) is 20.6. The predicted molar refractivity (Wildman–Crippen MR) is 138 cm³/mol. The first-order chi connectivity index (χ1) is 16.7. The van der Waals surface area contributed by atoms with Gasteiger partial charge in [-0.3, -0.25) is 9.69 Å². The number of carbonyl (C=O) groups is 2. The van der Waals surface area contributed by atoms with Gasteiger partial charge < -0.3 is 14.0 Å². The molecular weight excluding hydrogens is 464 g/mol. The van der Waals surface area contributed by atoms with E-state index in [-0.39, 0.29) is 17.1 Å². The summed E-state index contributed by atoms with van der Waals surface area (Å²) in [4.78, 5) is 27.9. The number of carbonyl (C=O) groups excluding carboxylic acids is 2. The van der Waals surface area contributed by atoms with Crippen molar-refractivity contribution in [1.82, 2.24) is 4.57 Å². The summed E-state index contributed by atoms with van der Waals surface area (Å²) in [6, 6.07) is 15.1. The van der Waals surface area contributed by atoms with Crippen LogP contribution in [0, 0.1) is 20.8 Å². The van der Waals surface area contributed by atoms with Crippen molar-refractivity contribution in [2.45, 2.75) is 27.7 Å². The average molecular weight is 491 g/mol. The van der Waals surface area contributed by atoms with Crippen molar-refractivity contribution >= 4 is 35.2 Å². The number of aryl methyl sites for hydroxylation is 2. The van der Waals surface area contributed by atoms with Crippen LogP contribution in [0.15, 0.2) is 65.4 Å². The van der Waals surface area contributed by atoms with Gasteiger partial charge in [0.05, 0.1) is 31.1 Å². The van der Waals surface area contributed by atoms with E-state index in [0.717, 1.165) is 34.0 Å². The fourth-order valence-electron chi connectivity index (χ4n) is 4.43. The van der Waals surface area contributed by atoms with Crippen molar-refractivity contribution in [1.29, 1.82) is 0 Å². The van der Waals surface area contributed by atoms with Gasteiger partial charge in [-0.2, -0.15) is 0 Å². The molecule has 1 amide bonds. The highest BCUT2D eigenvalue weighted by atomic mass is 35.5. The molecular formula is C28H27ClN2O4. The summed E-state index contributed by atoms with van der Waals surface area (Å²) in [5, 5.41) is 0.545. The van der Waals surface area contributed by atoms with E-state index in [0.29, 0.717) is 16.4 Å². The molecule has 0 fully saturated rings. The number of methoxy groups -OCH3 is 2. The van der Waals surface area contributed by atoms with E-state index < -0.39 is 5.97 Å². The monoisotopic (exact) mass is 490 g/mol. The zero-order valence-corrected chi connectivity index (χ0v) is 21.4. The largest absolute Gasteiger partial charge is 0.497 e. The first-order valence-electron chi connectivity index (χ1n) is 11.1. The number of benzene rings is 2. The summed E-state index contributed by atoms with van der Waals surface area (Å²) in [5.74, 6) is -0.0985. The third kappa shape index (κ3) is 4.26. The first kappa shape index (κ1) is 24.4. The minimum Gasteiger partial charge on any atom is -0.497 e. The second-order valence-corrected chi connectivity index (χ2v) is 8.85. The lowest BCUT2D eigenvalue weighted by Gasteiger charge is -2.18. The maximum absolute atomic E-state index is 13.6. The number of halogens is 1. The van der Waals surface area contributed by atoms with Crippen LogP contribution in [0.2, 0.25) is 5.02 Å². The molecule has 0 unspecified atom stereocenters. The van der Waals surface area contributed by atoms with E-state index in [1.165, 1.54) is 12.0 Å². The third-order valence-corrected chi connectivity index (χ3v) is 6.71. The molecule has 0 saturated heterocycles. The van der Waals surface area contributed by atoms with Crippen LogP contribution in [-0.4, -0.2) is 30.7 Å². The zero-order chi connectivity index (χ0) is 25.4. The molecule has 180 valence electrons. The molecule has 0 saturated carbocycles. The standard InChI is InChI=1S/C28H27ClN2O4/c1-16-7-8-22(15-25(16)29)31-19(4)26(28(33)35-6)24(27(31)32)14-20-13-17(2)30(18(20)3)21-9-11-23(34-5)12-10-21/h7-15H,1-6H3. The Morgan fingerprint density at radius 3 is 2.20 bits per heavy atom.